The fraction of sp³-hybridized carbons (Fsp3) is 0.222. The number of carbonyl (C=O) groups is 1. The first-order valence-electron chi connectivity index (χ1n) is 7.96. The minimum Gasteiger partial charge on any atom is -0.408 e. The van der Waals surface area contributed by atoms with Gasteiger partial charge in [-0.05, 0) is 53.8 Å². The number of benzene rings is 2. The second-order valence-corrected chi connectivity index (χ2v) is 8.45. The van der Waals surface area contributed by atoms with Crippen molar-refractivity contribution in [3.63, 3.8) is 0 Å². The topological polar surface area (TPSA) is 75.1 Å². The zero-order chi connectivity index (χ0) is 17.2. The normalized spacial score (nSPS) is 15.4. The molecular weight excluding hydrogens is 356 g/mol. The van der Waals surface area contributed by atoms with Crippen LogP contribution in [0.2, 0.25) is 0 Å². The zero-order valence-corrected chi connectivity index (χ0v) is 14.9. The first-order valence-corrected chi connectivity index (χ1v) is 10.1. The van der Waals surface area contributed by atoms with Gasteiger partial charge in [0.1, 0.15) is 0 Å². The van der Waals surface area contributed by atoms with Crippen molar-refractivity contribution in [2.45, 2.75) is 11.0 Å². The van der Waals surface area contributed by atoms with Gasteiger partial charge in [0.05, 0.1) is 10.1 Å². The minimum absolute atomic E-state index is 0.180. The SMILES string of the molecule is O=C(Nc1ccc2oc(=O)[nH]c2c1)c1ccc(C2SCCCS2)cc1. The van der Waals surface area contributed by atoms with Gasteiger partial charge < -0.3 is 9.73 Å². The van der Waals surface area contributed by atoms with Crippen LogP contribution in [-0.2, 0) is 0 Å². The molecule has 1 aliphatic heterocycles. The van der Waals surface area contributed by atoms with Gasteiger partial charge in [0, 0.05) is 11.3 Å². The molecule has 1 saturated heterocycles. The molecule has 5 nitrogen and oxygen atoms in total. The molecular formula is C18H16N2O3S2. The maximum absolute atomic E-state index is 12.4. The van der Waals surface area contributed by atoms with Crippen molar-refractivity contribution in [1.29, 1.82) is 0 Å². The highest BCUT2D eigenvalue weighted by molar-refractivity contribution is 8.16. The second kappa shape index (κ2) is 7.01. The van der Waals surface area contributed by atoms with E-state index in [1.807, 2.05) is 47.8 Å². The van der Waals surface area contributed by atoms with Gasteiger partial charge in [-0.2, -0.15) is 0 Å². The maximum Gasteiger partial charge on any atom is 0.417 e. The van der Waals surface area contributed by atoms with E-state index in [0.717, 1.165) is 0 Å². The van der Waals surface area contributed by atoms with Crippen molar-refractivity contribution in [3.8, 4) is 0 Å². The average Bonchev–Trinajstić information content (AvgIpc) is 3.02. The van der Waals surface area contributed by atoms with Gasteiger partial charge in [-0.15, -0.1) is 23.5 Å². The van der Waals surface area contributed by atoms with Crippen LogP contribution in [0.3, 0.4) is 0 Å². The summed E-state index contributed by atoms with van der Waals surface area (Å²) in [5, 5.41) is 2.85. The Kier molecular flexibility index (Phi) is 4.59. The molecule has 4 rings (SSSR count). The van der Waals surface area contributed by atoms with Crippen LogP contribution in [0.15, 0.2) is 51.7 Å². The molecule has 1 fully saturated rings. The van der Waals surface area contributed by atoms with E-state index in [1.165, 1.54) is 23.5 Å². The van der Waals surface area contributed by atoms with Crippen LogP contribution in [0.1, 0.15) is 26.9 Å². The number of rotatable bonds is 3. The number of thioether (sulfide) groups is 2. The molecule has 0 spiro atoms. The lowest BCUT2D eigenvalue weighted by atomic mass is 10.1. The van der Waals surface area contributed by atoms with E-state index < -0.39 is 5.76 Å². The van der Waals surface area contributed by atoms with Gasteiger partial charge in [-0.1, -0.05) is 12.1 Å². The van der Waals surface area contributed by atoms with Gasteiger partial charge in [-0.25, -0.2) is 4.79 Å². The predicted molar refractivity (Wildman–Crippen MR) is 104 cm³/mol. The predicted octanol–water partition coefficient (Wildman–Crippen LogP) is 4.24. The molecule has 1 aromatic heterocycles. The number of anilines is 1. The Balaban J connectivity index is 1.48. The summed E-state index contributed by atoms with van der Waals surface area (Å²) < 4.78 is 5.42. The molecule has 0 saturated carbocycles. The summed E-state index contributed by atoms with van der Waals surface area (Å²) in [4.78, 5) is 26.2. The zero-order valence-electron chi connectivity index (χ0n) is 13.3. The lowest BCUT2D eigenvalue weighted by molar-refractivity contribution is 0.102. The molecule has 0 aliphatic carbocycles. The van der Waals surface area contributed by atoms with Crippen molar-refractivity contribution in [2.75, 3.05) is 16.8 Å². The van der Waals surface area contributed by atoms with Gasteiger partial charge >= 0.3 is 5.76 Å². The minimum atomic E-state index is -0.507. The molecule has 2 heterocycles. The Bertz CT molecular complexity index is 956. The van der Waals surface area contributed by atoms with E-state index in [-0.39, 0.29) is 5.91 Å². The standard InChI is InChI=1S/C18H16N2O3S2/c21-16(19-13-6-7-15-14(10-13)20-18(22)23-15)11-2-4-12(5-3-11)17-24-8-1-9-25-17/h2-7,10,17H,1,8-9H2,(H,19,21)(H,20,22). The summed E-state index contributed by atoms with van der Waals surface area (Å²) in [5.74, 6) is 1.70. The van der Waals surface area contributed by atoms with Crippen LogP contribution in [0.25, 0.3) is 11.1 Å². The summed E-state index contributed by atoms with van der Waals surface area (Å²) in [5.41, 5.74) is 3.50. The average molecular weight is 372 g/mol. The van der Waals surface area contributed by atoms with Gasteiger partial charge in [0.25, 0.3) is 5.91 Å². The fourth-order valence-electron chi connectivity index (χ4n) is 2.70. The Morgan fingerprint density at radius 2 is 1.88 bits per heavy atom. The maximum atomic E-state index is 12.4. The van der Waals surface area contributed by atoms with E-state index in [2.05, 4.69) is 10.3 Å². The van der Waals surface area contributed by atoms with Crippen LogP contribution in [-0.4, -0.2) is 22.4 Å². The Morgan fingerprint density at radius 3 is 2.64 bits per heavy atom. The molecule has 7 heteroatoms. The third kappa shape index (κ3) is 3.62. The second-order valence-electron chi connectivity index (χ2n) is 5.73. The van der Waals surface area contributed by atoms with Crippen molar-refractivity contribution in [2.24, 2.45) is 0 Å². The first kappa shape index (κ1) is 16.4. The van der Waals surface area contributed by atoms with Crippen molar-refractivity contribution in [1.82, 2.24) is 4.98 Å². The van der Waals surface area contributed by atoms with Gasteiger partial charge in [0.2, 0.25) is 0 Å². The molecule has 2 N–H and O–H groups in total. The highest BCUT2D eigenvalue weighted by atomic mass is 32.2. The number of carbonyl (C=O) groups excluding carboxylic acids is 1. The molecule has 25 heavy (non-hydrogen) atoms. The van der Waals surface area contributed by atoms with Crippen molar-refractivity contribution >= 4 is 46.2 Å². The number of hydrogen-bond acceptors (Lipinski definition) is 5. The van der Waals surface area contributed by atoms with Crippen LogP contribution < -0.4 is 11.1 Å². The summed E-state index contributed by atoms with van der Waals surface area (Å²) in [6, 6.07) is 12.8. The smallest absolute Gasteiger partial charge is 0.408 e. The number of fused-ring (bicyclic) bond motifs is 1. The molecule has 1 aliphatic rings. The van der Waals surface area contributed by atoms with E-state index >= 15 is 0 Å². The van der Waals surface area contributed by atoms with E-state index in [1.54, 1.807) is 18.2 Å². The van der Waals surface area contributed by atoms with Crippen molar-refractivity contribution < 1.29 is 9.21 Å². The number of H-pyrrole nitrogens is 1. The van der Waals surface area contributed by atoms with E-state index in [0.29, 0.717) is 26.9 Å². The number of oxazole rings is 1. The molecule has 128 valence electrons. The van der Waals surface area contributed by atoms with Crippen LogP contribution in [0.4, 0.5) is 5.69 Å². The number of nitrogens with one attached hydrogen (secondary N) is 2. The monoisotopic (exact) mass is 372 g/mol. The number of amides is 1. The molecule has 0 atom stereocenters. The lowest BCUT2D eigenvalue weighted by Crippen LogP contribution is -2.12. The van der Waals surface area contributed by atoms with E-state index in [9.17, 15) is 9.59 Å². The number of aromatic amines is 1. The Hall–Kier alpha value is -2.12. The third-order valence-corrected chi connectivity index (χ3v) is 6.96. The largest absolute Gasteiger partial charge is 0.417 e. The van der Waals surface area contributed by atoms with Gasteiger partial charge in [-0.3, -0.25) is 9.78 Å². The summed E-state index contributed by atoms with van der Waals surface area (Å²) in [6.45, 7) is 0. The molecule has 2 aromatic carbocycles. The molecule has 0 radical (unpaired) electrons. The fourth-order valence-corrected chi connectivity index (χ4v) is 5.60. The van der Waals surface area contributed by atoms with Crippen LogP contribution >= 0.6 is 23.5 Å². The Labute approximate surface area is 152 Å². The molecule has 1 amide bonds. The summed E-state index contributed by atoms with van der Waals surface area (Å²) in [7, 11) is 0. The molecule has 0 bridgehead atoms. The quantitative estimate of drug-likeness (QED) is 0.719. The summed E-state index contributed by atoms with van der Waals surface area (Å²) >= 11 is 3.92. The highest BCUT2D eigenvalue weighted by Crippen LogP contribution is 2.43. The van der Waals surface area contributed by atoms with E-state index in [4.69, 9.17) is 4.42 Å². The number of aromatic nitrogens is 1. The number of hydrogen-bond donors (Lipinski definition) is 2. The van der Waals surface area contributed by atoms with Crippen LogP contribution in [0.5, 0.6) is 0 Å². The summed E-state index contributed by atoms with van der Waals surface area (Å²) in [6.07, 6.45) is 1.26. The molecule has 0 unspecified atom stereocenters. The molecule has 3 aromatic rings. The van der Waals surface area contributed by atoms with Gasteiger partial charge in [0.15, 0.2) is 5.58 Å². The third-order valence-electron chi connectivity index (χ3n) is 3.95. The van der Waals surface area contributed by atoms with Crippen molar-refractivity contribution in [3.05, 3.63) is 64.1 Å². The highest BCUT2D eigenvalue weighted by Gasteiger charge is 2.17. The Morgan fingerprint density at radius 1 is 1.12 bits per heavy atom. The van der Waals surface area contributed by atoms with Crippen LogP contribution in [0, 0.1) is 0 Å². The lowest BCUT2D eigenvalue weighted by Gasteiger charge is -2.21. The first-order chi connectivity index (χ1) is 12.2.